The van der Waals surface area contributed by atoms with Crippen LogP contribution < -0.4 is 10.1 Å². The fraction of sp³-hybridized carbons (Fsp3) is 0.267. The molecule has 3 atom stereocenters. The fourth-order valence-electron chi connectivity index (χ4n) is 5.94. The van der Waals surface area contributed by atoms with E-state index in [0.29, 0.717) is 22.6 Å². The van der Waals surface area contributed by atoms with Gasteiger partial charge < -0.3 is 19.5 Å². The predicted molar refractivity (Wildman–Crippen MR) is 142 cm³/mol. The number of methoxy groups -OCH3 is 1. The van der Waals surface area contributed by atoms with E-state index in [1.807, 2.05) is 42.5 Å². The Kier molecular flexibility index (Phi) is 5.67. The van der Waals surface area contributed by atoms with Gasteiger partial charge in [-0.2, -0.15) is 5.10 Å². The van der Waals surface area contributed by atoms with Gasteiger partial charge in [-0.1, -0.05) is 54.6 Å². The largest absolute Gasteiger partial charge is 0.497 e. The molecule has 2 saturated heterocycles. The third-order valence-electron chi connectivity index (χ3n) is 7.55. The second-order valence-corrected chi connectivity index (χ2v) is 10.3. The van der Waals surface area contributed by atoms with Gasteiger partial charge in [0, 0.05) is 25.5 Å². The lowest BCUT2D eigenvalue weighted by atomic mass is 9.65. The standard InChI is InChI=1S/C30H27N3O6/c1-29(2)38-27(35)30(28(36)39-29)23(18-13-15-21(37-3)16-14-18)24(26(34)32-20-10-5-4-6-11-20)33-25(30)22-12-8-7-9-19(22)17-31-33/h4-17,23-25H,1-3H3,(H,32,34)/t23-,24-,25-/m1/s1. The van der Waals surface area contributed by atoms with Crippen LogP contribution in [-0.4, -0.2) is 48.0 Å². The molecule has 1 N–H and O–H groups in total. The van der Waals surface area contributed by atoms with Gasteiger partial charge in [-0.25, -0.2) is 0 Å². The van der Waals surface area contributed by atoms with E-state index in [1.54, 1.807) is 54.7 Å². The van der Waals surface area contributed by atoms with Crippen LogP contribution in [0.15, 0.2) is 84.0 Å². The molecule has 0 saturated carbocycles. The summed E-state index contributed by atoms with van der Waals surface area (Å²) in [6, 6.07) is 21.3. The second-order valence-electron chi connectivity index (χ2n) is 10.3. The van der Waals surface area contributed by atoms with E-state index in [4.69, 9.17) is 14.2 Å². The SMILES string of the molecule is COc1ccc([C@@H]2[C@H](C(=O)Nc3ccccc3)N3N=Cc4ccccc4[C@@H]3C23C(=O)OC(C)(C)OC3=O)cc1. The van der Waals surface area contributed by atoms with Crippen molar-refractivity contribution in [2.24, 2.45) is 10.5 Å². The molecule has 3 aromatic carbocycles. The number of benzene rings is 3. The molecule has 9 heteroatoms. The molecule has 39 heavy (non-hydrogen) atoms. The van der Waals surface area contributed by atoms with E-state index in [2.05, 4.69) is 10.4 Å². The number of hydrazone groups is 1. The first-order valence-corrected chi connectivity index (χ1v) is 12.6. The van der Waals surface area contributed by atoms with Gasteiger partial charge >= 0.3 is 11.9 Å². The molecular weight excluding hydrogens is 498 g/mol. The molecule has 1 amide bonds. The minimum Gasteiger partial charge on any atom is -0.497 e. The Morgan fingerprint density at radius 1 is 0.923 bits per heavy atom. The summed E-state index contributed by atoms with van der Waals surface area (Å²) in [5.74, 6) is -3.83. The van der Waals surface area contributed by atoms with Crippen LogP contribution in [0.4, 0.5) is 5.69 Å². The highest BCUT2D eigenvalue weighted by Crippen LogP contribution is 2.62. The lowest BCUT2D eigenvalue weighted by Crippen LogP contribution is -2.58. The maximum absolute atomic E-state index is 14.2. The molecule has 9 nitrogen and oxygen atoms in total. The highest BCUT2D eigenvalue weighted by molar-refractivity contribution is 6.08. The van der Waals surface area contributed by atoms with Gasteiger partial charge in [0.25, 0.3) is 5.79 Å². The third kappa shape index (κ3) is 3.76. The van der Waals surface area contributed by atoms with Gasteiger partial charge in [-0.3, -0.25) is 19.4 Å². The van der Waals surface area contributed by atoms with Crippen molar-refractivity contribution in [2.75, 3.05) is 12.4 Å². The van der Waals surface area contributed by atoms with Crippen molar-refractivity contribution in [3.8, 4) is 5.75 Å². The third-order valence-corrected chi connectivity index (χ3v) is 7.55. The first kappa shape index (κ1) is 24.7. The monoisotopic (exact) mass is 525 g/mol. The van der Waals surface area contributed by atoms with Crippen molar-refractivity contribution in [3.63, 3.8) is 0 Å². The van der Waals surface area contributed by atoms with E-state index in [9.17, 15) is 14.4 Å². The molecule has 0 aromatic heterocycles. The van der Waals surface area contributed by atoms with Crippen molar-refractivity contribution in [1.29, 1.82) is 0 Å². The van der Waals surface area contributed by atoms with Crippen LogP contribution in [0.2, 0.25) is 0 Å². The maximum Gasteiger partial charge on any atom is 0.330 e. The van der Waals surface area contributed by atoms with Crippen molar-refractivity contribution < 1.29 is 28.6 Å². The highest BCUT2D eigenvalue weighted by atomic mass is 16.7. The minimum absolute atomic E-state index is 0.425. The summed E-state index contributed by atoms with van der Waals surface area (Å²) in [5.41, 5.74) is 0.636. The van der Waals surface area contributed by atoms with Crippen molar-refractivity contribution >= 4 is 29.7 Å². The van der Waals surface area contributed by atoms with E-state index >= 15 is 0 Å². The van der Waals surface area contributed by atoms with Crippen LogP contribution in [0.3, 0.4) is 0 Å². The molecule has 0 aliphatic carbocycles. The molecule has 3 aromatic rings. The average molecular weight is 526 g/mol. The molecule has 6 rings (SSSR count). The number of fused-ring (bicyclic) bond motifs is 4. The Balaban J connectivity index is 1.59. The molecule has 3 aliphatic heterocycles. The van der Waals surface area contributed by atoms with Crippen molar-refractivity contribution in [2.45, 2.75) is 37.6 Å². The summed E-state index contributed by atoms with van der Waals surface area (Å²) < 4.78 is 16.9. The number of amides is 1. The number of carbonyl (C=O) groups is 3. The Morgan fingerprint density at radius 2 is 1.56 bits per heavy atom. The number of hydrogen-bond acceptors (Lipinski definition) is 8. The summed E-state index contributed by atoms with van der Waals surface area (Å²) in [6.07, 6.45) is 1.64. The zero-order valence-electron chi connectivity index (χ0n) is 21.7. The molecular formula is C30H27N3O6. The van der Waals surface area contributed by atoms with Gasteiger partial charge in [0.15, 0.2) is 0 Å². The fourth-order valence-corrected chi connectivity index (χ4v) is 5.94. The van der Waals surface area contributed by atoms with E-state index in [-0.39, 0.29) is 0 Å². The topological polar surface area (TPSA) is 107 Å². The molecule has 0 bridgehead atoms. The average Bonchev–Trinajstić information content (AvgIpc) is 3.25. The maximum atomic E-state index is 14.2. The molecule has 3 aliphatic rings. The van der Waals surface area contributed by atoms with E-state index < -0.39 is 47.0 Å². The molecule has 198 valence electrons. The second kappa shape index (κ2) is 8.97. The number of carbonyl (C=O) groups excluding carboxylic acids is 3. The number of nitrogens with zero attached hydrogens (tertiary/aromatic N) is 2. The van der Waals surface area contributed by atoms with Crippen LogP contribution in [0.1, 0.15) is 42.5 Å². The minimum atomic E-state index is -1.92. The number of ether oxygens (including phenoxy) is 3. The summed E-state index contributed by atoms with van der Waals surface area (Å²) >= 11 is 0. The normalized spacial score (nSPS) is 23.9. The Labute approximate surface area is 225 Å². The van der Waals surface area contributed by atoms with Crippen LogP contribution >= 0.6 is 0 Å². The number of hydrogen-bond donors (Lipinski definition) is 1. The number of cyclic esters (lactones) is 2. The van der Waals surface area contributed by atoms with Crippen LogP contribution in [0, 0.1) is 5.41 Å². The van der Waals surface area contributed by atoms with Gasteiger partial charge in [0.05, 0.1) is 13.3 Å². The molecule has 0 radical (unpaired) electrons. The lowest BCUT2D eigenvalue weighted by Gasteiger charge is -2.44. The molecule has 2 fully saturated rings. The molecule has 3 heterocycles. The molecule has 1 spiro atoms. The van der Waals surface area contributed by atoms with Gasteiger partial charge in [-0.15, -0.1) is 0 Å². The quantitative estimate of drug-likeness (QED) is 0.405. The first-order chi connectivity index (χ1) is 18.8. The predicted octanol–water partition coefficient (Wildman–Crippen LogP) is 4.01. The van der Waals surface area contributed by atoms with Gasteiger partial charge in [-0.05, 0) is 41.0 Å². The summed E-state index contributed by atoms with van der Waals surface area (Å²) in [4.78, 5) is 42.5. The Hall–Kier alpha value is -4.66. The van der Waals surface area contributed by atoms with Crippen LogP contribution in [0.25, 0.3) is 0 Å². The Bertz CT molecular complexity index is 1460. The number of esters is 2. The first-order valence-electron chi connectivity index (χ1n) is 12.6. The Morgan fingerprint density at radius 3 is 2.23 bits per heavy atom. The van der Waals surface area contributed by atoms with Crippen molar-refractivity contribution in [3.05, 3.63) is 95.6 Å². The lowest BCUT2D eigenvalue weighted by molar-refractivity contribution is -0.254. The molecule has 0 unspecified atom stereocenters. The van der Waals surface area contributed by atoms with Crippen LogP contribution in [0.5, 0.6) is 5.75 Å². The van der Waals surface area contributed by atoms with E-state index in [0.717, 1.165) is 5.56 Å². The zero-order valence-corrected chi connectivity index (χ0v) is 21.7. The number of para-hydroxylation sites is 1. The number of rotatable bonds is 4. The van der Waals surface area contributed by atoms with Crippen LogP contribution in [-0.2, 0) is 23.9 Å². The zero-order chi connectivity index (χ0) is 27.4. The summed E-state index contributed by atoms with van der Waals surface area (Å²) in [5, 5.41) is 9.15. The number of anilines is 1. The summed E-state index contributed by atoms with van der Waals surface area (Å²) in [6.45, 7) is 3.02. The van der Waals surface area contributed by atoms with Crippen molar-refractivity contribution in [1.82, 2.24) is 5.01 Å². The highest BCUT2D eigenvalue weighted by Gasteiger charge is 2.75. The van der Waals surface area contributed by atoms with Gasteiger partial charge in [0.2, 0.25) is 11.3 Å². The summed E-state index contributed by atoms with van der Waals surface area (Å²) in [7, 11) is 1.55. The number of nitrogens with one attached hydrogen (secondary N) is 1. The smallest absolute Gasteiger partial charge is 0.330 e. The van der Waals surface area contributed by atoms with Gasteiger partial charge in [0.1, 0.15) is 17.8 Å². The van der Waals surface area contributed by atoms with E-state index in [1.165, 1.54) is 13.8 Å².